The predicted molar refractivity (Wildman–Crippen MR) is 117 cm³/mol. The number of halogens is 1. The monoisotopic (exact) mass is 438 g/mol. The van der Waals surface area contributed by atoms with E-state index in [0.717, 1.165) is 21.7 Å². The van der Waals surface area contributed by atoms with Crippen molar-refractivity contribution in [2.75, 3.05) is 17.2 Å². The molecule has 0 unspecified atom stereocenters. The maximum atomic E-state index is 12.9. The Labute approximate surface area is 177 Å². The molecule has 2 rings (SSSR count). The van der Waals surface area contributed by atoms with Crippen LogP contribution in [0.25, 0.3) is 0 Å². The molecule has 0 heterocycles. The van der Waals surface area contributed by atoms with Gasteiger partial charge in [-0.05, 0) is 44.0 Å². The zero-order valence-electron chi connectivity index (χ0n) is 17.1. The van der Waals surface area contributed by atoms with Crippen molar-refractivity contribution < 1.29 is 17.9 Å². The second-order valence-electron chi connectivity index (χ2n) is 6.67. The summed E-state index contributed by atoms with van der Waals surface area (Å²) in [6, 6.07) is 11.5. The molecule has 158 valence electrons. The number of ether oxygens (including phenoxy) is 1. The summed E-state index contributed by atoms with van der Waals surface area (Å²) in [4.78, 5) is 12.9. The number of sulfonamides is 1. The molecule has 6 nitrogen and oxygen atoms in total. The highest BCUT2D eigenvalue weighted by Crippen LogP contribution is 2.28. The van der Waals surface area contributed by atoms with Crippen molar-refractivity contribution in [3.05, 3.63) is 58.6 Å². The van der Waals surface area contributed by atoms with E-state index in [2.05, 4.69) is 5.32 Å². The van der Waals surface area contributed by atoms with Gasteiger partial charge in [0.25, 0.3) is 0 Å². The molecule has 0 aromatic heterocycles. The molecule has 1 amide bonds. The number of aryl methyl sites for hydroxylation is 1. The first-order chi connectivity index (χ1) is 13.7. The van der Waals surface area contributed by atoms with Gasteiger partial charge in [-0.25, -0.2) is 8.42 Å². The second kappa shape index (κ2) is 9.98. The fourth-order valence-corrected chi connectivity index (χ4v) is 4.40. The van der Waals surface area contributed by atoms with Gasteiger partial charge in [-0.15, -0.1) is 0 Å². The van der Waals surface area contributed by atoms with Gasteiger partial charge in [0.05, 0.1) is 18.6 Å². The van der Waals surface area contributed by atoms with E-state index in [1.807, 2.05) is 38.1 Å². The number of anilines is 1. The smallest absolute Gasteiger partial charge is 0.244 e. The van der Waals surface area contributed by atoms with Crippen LogP contribution in [0.5, 0.6) is 5.75 Å². The Morgan fingerprint density at radius 1 is 1.21 bits per heavy atom. The van der Waals surface area contributed by atoms with Crippen LogP contribution < -0.4 is 14.4 Å². The van der Waals surface area contributed by atoms with Crippen molar-refractivity contribution in [2.24, 2.45) is 0 Å². The Kier molecular flexibility index (Phi) is 7.93. The molecule has 0 radical (unpaired) electrons. The molecule has 0 saturated carbocycles. The van der Waals surface area contributed by atoms with Crippen molar-refractivity contribution >= 4 is 33.2 Å². The lowest BCUT2D eigenvalue weighted by atomic mass is 10.1. The van der Waals surface area contributed by atoms with Crippen LogP contribution in [0.15, 0.2) is 42.5 Å². The Hall–Kier alpha value is -2.25. The number of rotatable bonds is 9. The first-order valence-electron chi connectivity index (χ1n) is 9.43. The number of carbonyl (C=O) groups excluding carboxylic acids is 1. The van der Waals surface area contributed by atoms with Gasteiger partial charge in [0.1, 0.15) is 11.8 Å². The van der Waals surface area contributed by atoms with Crippen LogP contribution in [-0.4, -0.2) is 33.2 Å². The van der Waals surface area contributed by atoms with Gasteiger partial charge in [0.15, 0.2) is 0 Å². The molecule has 0 aliphatic rings. The second-order valence-corrected chi connectivity index (χ2v) is 8.94. The highest BCUT2D eigenvalue weighted by atomic mass is 35.5. The van der Waals surface area contributed by atoms with Crippen LogP contribution in [-0.2, 0) is 21.4 Å². The molecule has 0 fully saturated rings. The molecule has 1 N–H and O–H groups in total. The minimum atomic E-state index is -3.71. The lowest BCUT2D eigenvalue weighted by Crippen LogP contribution is -2.49. The van der Waals surface area contributed by atoms with E-state index < -0.39 is 16.1 Å². The number of carbonyl (C=O) groups is 1. The molecule has 0 saturated heterocycles. The summed E-state index contributed by atoms with van der Waals surface area (Å²) < 4.78 is 31.8. The number of hydrogen-bond acceptors (Lipinski definition) is 4. The number of hydrogen-bond donors (Lipinski definition) is 1. The Morgan fingerprint density at radius 2 is 1.90 bits per heavy atom. The van der Waals surface area contributed by atoms with Crippen LogP contribution in [0.2, 0.25) is 5.02 Å². The molecular weight excluding hydrogens is 412 g/mol. The standard InChI is InChI=1S/C21H27ClN2O4S/c1-5-19(21(25)23-14-16-9-7-8-10-20(16)28-6-2)24(29(4,26)27)17-12-11-15(3)18(22)13-17/h7-13,19H,5-6,14H2,1-4H3,(H,23,25)/t19-/m1/s1. The van der Waals surface area contributed by atoms with Gasteiger partial charge in [0, 0.05) is 17.1 Å². The van der Waals surface area contributed by atoms with Gasteiger partial charge in [-0.1, -0.05) is 42.8 Å². The van der Waals surface area contributed by atoms with E-state index in [-0.39, 0.29) is 12.5 Å². The molecule has 29 heavy (non-hydrogen) atoms. The topological polar surface area (TPSA) is 75.7 Å². The van der Waals surface area contributed by atoms with E-state index >= 15 is 0 Å². The van der Waals surface area contributed by atoms with E-state index in [4.69, 9.17) is 16.3 Å². The van der Waals surface area contributed by atoms with Crippen molar-refractivity contribution in [3.8, 4) is 5.75 Å². The van der Waals surface area contributed by atoms with Crippen LogP contribution in [0.1, 0.15) is 31.4 Å². The van der Waals surface area contributed by atoms with Gasteiger partial charge in [-0.3, -0.25) is 9.10 Å². The number of benzene rings is 2. The zero-order chi connectivity index (χ0) is 21.6. The van der Waals surface area contributed by atoms with Crippen LogP contribution in [0, 0.1) is 6.92 Å². The molecule has 0 aliphatic heterocycles. The van der Waals surface area contributed by atoms with E-state index in [0.29, 0.717) is 29.5 Å². The number of para-hydroxylation sites is 1. The maximum Gasteiger partial charge on any atom is 0.244 e. The minimum Gasteiger partial charge on any atom is -0.494 e. The van der Waals surface area contributed by atoms with E-state index in [1.54, 1.807) is 25.1 Å². The lowest BCUT2D eigenvalue weighted by molar-refractivity contribution is -0.122. The maximum absolute atomic E-state index is 12.9. The van der Waals surface area contributed by atoms with Crippen molar-refractivity contribution in [3.63, 3.8) is 0 Å². The number of nitrogens with zero attached hydrogens (tertiary/aromatic N) is 1. The summed E-state index contributed by atoms with van der Waals surface area (Å²) in [6.07, 6.45) is 1.39. The van der Waals surface area contributed by atoms with E-state index in [1.165, 1.54) is 0 Å². The molecule has 0 bridgehead atoms. The Morgan fingerprint density at radius 3 is 2.48 bits per heavy atom. The Balaban J connectivity index is 2.28. The van der Waals surface area contributed by atoms with Crippen molar-refractivity contribution in [1.82, 2.24) is 5.32 Å². The zero-order valence-corrected chi connectivity index (χ0v) is 18.7. The lowest BCUT2D eigenvalue weighted by Gasteiger charge is -2.30. The van der Waals surface area contributed by atoms with Crippen LogP contribution in [0.3, 0.4) is 0 Å². The average Bonchev–Trinajstić information content (AvgIpc) is 2.66. The number of amides is 1. The average molecular weight is 439 g/mol. The highest BCUT2D eigenvalue weighted by molar-refractivity contribution is 7.92. The fourth-order valence-electron chi connectivity index (χ4n) is 3.03. The highest BCUT2D eigenvalue weighted by Gasteiger charge is 2.31. The largest absolute Gasteiger partial charge is 0.494 e. The summed E-state index contributed by atoms with van der Waals surface area (Å²) in [5.41, 5.74) is 2.01. The summed E-state index contributed by atoms with van der Waals surface area (Å²) in [5, 5.41) is 3.28. The normalized spacial score (nSPS) is 12.3. The molecular formula is C21H27ClN2O4S. The summed E-state index contributed by atoms with van der Waals surface area (Å²) in [7, 11) is -3.71. The van der Waals surface area contributed by atoms with Gasteiger partial charge < -0.3 is 10.1 Å². The van der Waals surface area contributed by atoms with Gasteiger partial charge >= 0.3 is 0 Å². The molecule has 2 aromatic rings. The first kappa shape index (κ1) is 23.0. The molecule has 0 aliphatic carbocycles. The minimum absolute atomic E-state index is 0.234. The Bertz CT molecular complexity index is 963. The van der Waals surface area contributed by atoms with Gasteiger partial charge in [-0.2, -0.15) is 0 Å². The molecule has 2 aromatic carbocycles. The molecule has 1 atom stereocenters. The van der Waals surface area contributed by atoms with Crippen molar-refractivity contribution in [2.45, 2.75) is 39.8 Å². The fraction of sp³-hybridized carbons (Fsp3) is 0.381. The molecule has 8 heteroatoms. The quantitative estimate of drug-likeness (QED) is 0.644. The van der Waals surface area contributed by atoms with Crippen LogP contribution in [0.4, 0.5) is 5.69 Å². The van der Waals surface area contributed by atoms with Gasteiger partial charge in [0.2, 0.25) is 15.9 Å². The SMILES string of the molecule is CCOc1ccccc1CNC(=O)[C@@H](CC)N(c1ccc(C)c(Cl)c1)S(C)(=O)=O. The predicted octanol–water partition coefficient (Wildman–Crippen LogP) is 3.91. The van der Waals surface area contributed by atoms with E-state index in [9.17, 15) is 13.2 Å². The van der Waals surface area contributed by atoms with Crippen molar-refractivity contribution in [1.29, 1.82) is 0 Å². The third-order valence-corrected chi connectivity index (χ3v) is 6.05. The summed E-state index contributed by atoms with van der Waals surface area (Å²) in [6.45, 7) is 6.23. The molecule has 0 spiro atoms. The summed E-state index contributed by atoms with van der Waals surface area (Å²) >= 11 is 6.19. The number of nitrogens with one attached hydrogen (secondary N) is 1. The summed E-state index contributed by atoms with van der Waals surface area (Å²) in [5.74, 6) is 0.301. The first-order valence-corrected chi connectivity index (χ1v) is 11.7. The van der Waals surface area contributed by atoms with Crippen LogP contribution >= 0.6 is 11.6 Å². The third-order valence-electron chi connectivity index (χ3n) is 4.47. The third kappa shape index (κ3) is 5.87.